The predicted molar refractivity (Wildman–Crippen MR) is 81.7 cm³/mol. The smallest absolute Gasteiger partial charge is 0.221 e. The summed E-state index contributed by atoms with van der Waals surface area (Å²) in [4.78, 5) is 12.1. The third-order valence-electron chi connectivity index (χ3n) is 3.76. The van der Waals surface area contributed by atoms with E-state index in [1.165, 1.54) is 12.1 Å². The Morgan fingerprint density at radius 3 is 2.24 bits per heavy atom. The third kappa shape index (κ3) is 4.82. The highest BCUT2D eigenvalue weighted by atomic mass is 32.2. The first-order valence-corrected chi connectivity index (χ1v) is 8.74. The maximum absolute atomic E-state index is 12.1. The van der Waals surface area contributed by atoms with Crippen LogP contribution in [-0.4, -0.2) is 37.3 Å². The zero-order valence-electron chi connectivity index (χ0n) is 12.5. The van der Waals surface area contributed by atoms with Gasteiger partial charge < -0.3 is 10.4 Å². The molecule has 118 valence electrons. The number of carbonyl (C=O) groups excluding carboxylic acids is 1. The molecule has 1 amide bonds. The number of hydrogen-bond donors (Lipinski definition) is 2. The van der Waals surface area contributed by atoms with Crippen molar-refractivity contribution >= 4 is 15.7 Å². The van der Waals surface area contributed by atoms with Gasteiger partial charge in [0.2, 0.25) is 5.91 Å². The molecule has 1 aromatic rings. The monoisotopic (exact) mass is 313 g/mol. The van der Waals surface area contributed by atoms with Gasteiger partial charge >= 0.3 is 0 Å². The van der Waals surface area contributed by atoms with Crippen molar-refractivity contribution in [3.05, 3.63) is 30.3 Å². The topological polar surface area (TPSA) is 83.5 Å². The highest BCUT2D eigenvalue weighted by Crippen LogP contribution is 2.15. The van der Waals surface area contributed by atoms with Crippen LogP contribution in [0.5, 0.6) is 0 Å². The molecule has 1 rings (SSSR count). The lowest BCUT2D eigenvalue weighted by Gasteiger charge is -2.30. The Balaban J connectivity index is 2.65. The van der Waals surface area contributed by atoms with E-state index in [0.717, 1.165) is 0 Å². The van der Waals surface area contributed by atoms with Crippen LogP contribution in [0.15, 0.2) is 35.2 Å². The molecule has 6 heteroatoms. The van der Waals surface area contributed by atoms with Crippen molar-refractivity contribution < 1.29 is 18.3 Å². The van der Waals surface area contributed by atoms with Crippen LogP contribution in [0.3, 0.4) is 0 Å². The normalized spacial score (nSPS) is 12.1. The second kappa shape index (κ2) is 7.56. The van der Waals surface area contributed by atoms with Gasteiger partial charge in [0.25, 0.3) is 0 Å². The maximum Gasteiger partial charge on any atom is 0.221 e. The lowest BCUT2D eigenvalue weighted by molar-refractivity contribution is -0.123. The van der Waals surface area contributed by atoms with Crippen LogP contribution in [0.25, 0.3) is 0 Å². The first kappa shape index (κ1) is 17.7. The van der Waals surface area contributed by atoms with E-state index in [-0.39, 0.29) is 29.6 Å². The molecule has 0 saturated heterocycles. The first-order chi connectivity index (χ1) is 9.89. The molecule has 0 aliphatic heterocycles. The molecule has 5 nitrogen and oxygen atoms in total. The number of benzene rings is 1. The van der Waals surface area contributed by atoms with Crippen molar-refractivity contribution in [1.82, 2.24) is 5.32 Å². The lowest BCUT2D eigenvalue weighted by Crippen LogP contribution is -2.50. The molecule has 1 aromatic carbocycles. The second-order valence-electron chi connectivity index (χ2n) is 5.08. The Morgan fingerprint density at radius 2 is 1.76 bits per heavy atom. The van der Waals surface area contributed by atoms with Crippen LogP contribution >= 0.6 is 0 Å². The molecule has 0 aliphatic carbocycles. The average molecular weight is 313 g/mol. The molecule has 0 aromatic heterocycles. The van der Waals surface area contributed by atoms with Gasteiger partial charge in [-0.2, -0.15) is 0 Å². The summed E-state index contributed by atoms with van der Waals surface area (Å²) < 4.78 is 24.2. The van der Waals surface area contributed by atoms with E-state index in [2.05, 4.69) is 5.32 Å². The van der Waals surface area contributed by atoms with Gasteiger partial charge in [-0.05, 0) is 25.0 Å². The average Bonchev–Trinajstić information content (AvgIpc) is 2.52. The SMILES string of the molecule is CCC(CC)(CO)NC(=O)CCS(=O)(=O)c1ccccc1. The highest BCUT2D eigenvalue weighted by molar-refractivity contribution is 7.91. The molecule has 0 radical (unpaired) electrons. The molecule has 0 heterocycles. The Kier molecular flexibility index (Phi) is 6.36. The summed E-state index contributed by atoms with van der Waals surface area (Å²) in [5, 5.41) is 12.1. The van der Waals surface area contributed by atoms with E-state index in [4.69, 9.17) is 0 Å². The first-order valence-electron chi connectivity index (χ1n) is 7.09. The molecule has 0 unspecified atom stereocenters. The fourth-order valence-corrected chi connectivity index (χ4v) is 3.28. The van der Waals surface area contributed by atoms with Gasteiger partial charge in [-0.25, -0.2) is 8.42 Å². The Morgan fingerprint density at radius 1 is 1.19 bits per heavy atom. The van der Waals surface area contributed by atoms with Crippen molar-refractivity contribution in [2.75, 3.05) is 12.4 Å². The molecule has 2 N–H and O–H groups in total. The van der Waals surface area contributed by atoms with Crippen molar-refractivity contribution in [3.8, 4) is 0 Å². The zero-order valence-corrected chi connectivity index (χ0v) is 13.3. The molecule has 0 atom stereocenters. The number of hydrogen-bond acceptors (Lipinski definition) is 4. The van der Waals surface area contributed by atoms with Gasteiger partial charge in [0.15, 0.2) is 9.84 Å². The van der Waals surface area contributed by atoms with Crippen LogP contribution in [-0.2, 0) is 14.6 Å². The lowest BCUT2D eigenvalue weighted by atomic mass is 9.94. The van der Waals surface area contributed by atoms with Crippen molar-refractivity contribution in [2.24, 2.45) is 0 Å². The third-order valence-corrected chi connectivity index (χ3v) is 5.49. The quantitative estimate of drug-likeness (QED) is 0.762. The van der Waals surface area contributed by atoms with Crippen LogP contribution in [0, 0.1) is 0 Å². The summed E-state index contributed by atoms with van der Waals surface area (Å²) in [6.45, 7) is 3.60. The van der Waals surface area contributed by atoms with Gasteiger partial charge in [0, 0.05) is 6.42 Å². The number of aliphatic hydroxyl groups is 1. The van der Waals surface area contributed by atoms with E-state index in [1.807, 2.05) is 13.8 Å². The minimum absolute atomic E-state index is 0.112. The number of sulfone groups is 1. The van der Waals surface area contributed by atoms with E-state index < -0.39 is 15.4 Å². The van der Waals surface area contributed by atoms with Gasteiger partial charge in [0.1, 0.15) is 0 Å². The predicted octanol–water partition coefficient (Wildman–Crippen LogP) is 1.52. The summed E-state index contributed by atoms with van der Waals surface area (Å²) >= 11 is 0. The minimum atomic E-state index is -3.45. The number of carbonyl (C=O) groups is 1. The largest absolute Gasteiger partial charge is 0.394 e. The van der Waals surface area contributed by atoms with Crippen molar-refractivity contribution in [1.29, 1.82) is 0 Å². The van der Waals surface area contributed by atoms with Gasteiger partial charge in [0.05, 0.1) is 22.8 Å². The number of amides is 1. The molecular formula is C15H23NO4S. The Hall–Kier alpha value is -1.40. The summed E-state index contributed by atoms with van der Waals surface area (Å²) in [7, 11) is -3.45. The van der Waals surface area contributed by atoms with Crippen molar-refractivity contribution in [3.63, 3.8) is 0 Å². The summed E-state index contributed by atoms with van der Waals surface area (Å²) in [5.41, 5.74) is -0.659. The molecule has 0 fully saturated rings. The molecule has 0 saturated carbocycles. The van der Waals surface area contributed by atoms with E-state index >= 15 is 0 Å². The van der Waals surface area contributed by atoms with Crippen LogP contribution in [0.4, 0.5) is 0 Å². The van der Waals surface area contributed by atoms with E-state index in [0.29, 0.717) is 12.8 Å². The zero-order chi connectivity index (χ0) is 15.9. The molecule has 0 spiro atoms. The molecule has 21 heavy (non-hydrogen) atoms. The number of rotatable bonds is 8. The van der Waals surface area contributed by atoms with Crippen LogP contribution in [0.1, 0.15) is 33.1 Å². The van der Waals surface area contributed by atoms with Gasteiger partial charge in [-0.15, -0.1) is 0 Å². The highest BCUT2D eigenvalue weighted by Gasteiger charge is 2.27. The van der Waals surface area contributed by atoms with Crippen LogP contribution < -0.4 is 5.32 Å². The number of nitrogens with one attached hydrogen (secondary N) is 1. The van der Waals surface area contributed by atoms with Crippen molar-refractivity contribution in [2.45, 2.75) is 43.5 Å². The summed E-state index contributed by atoms with van der Waals surface area (Å²) in [6.07, 6.45) is 1.08. The molecule has 0 aliphatic rings. The summed E-state index contributed by atoms with van der Waals surface area (Å²) in [5.74, 6) is -0.593. The second-order valence-corrected chi connectivity index (χ2v) is 7.18. The molecule has 0 bridgehead atoms. The standard InChI is InChI=1S/C15H23NO4S/c1-3-15(4-2,12-17)16-14(18)10-11-21(19,20)13-8-6-5-7-9-13/h5-9,17H,3-4,10-12H2,1-2H3,(H,16,18). The maximum atomic E-state index is 12.1. The Bertz CT molecular complexity index is 542. The minimum Gasteiger partial charge on any atom is -0.394 e. The fourth-order valence-electron chi connectivity index (χ4n) is 2.02. The van der Waals surface area contributed by atoms with Gasteiger partial charge in [-0.3, -0.25) is 4.79 Å². The van der Waals surface area contributed by atoms with Gasteiger partial charge in [-0.1, -0.05) is 32.0 Å². The molecular weight excluding hydrogens is 290 g/mol. The summed E-state index contributed by atoms with van der Waals surface area (Å²) in [6, 6.07) is 8.08. The van der Waals surface area contributed by atoms with E-state index in [9.17, 15) is 18.3 Å². The fraction of sp³-hybridized carbons (Fsp3) is 0.533. The number of aliphatic hydroxyl groups excluding tert-OH is 1. The van der Waals surface area contributed by atoms with E-state index in [1.54, 1.807) is 18.2 Å². The van der Waals surface area contributed by atoms with Crippen LogP contribution in [0.2, 0.25) is 0 Å². The Labute approximate surface area is 126 Å².